The number of nitrogens with two attached hydrogens (primary N) is 1. The predicted molar refractivity (Wildman–Crippen MR) is 88.0 cm³/mol. The summed E-state index contributed by atoms with van der Waals surface area (Å²) < 4.78 is 6.97. The molecule has 0 radical (unpaired) electrons. The third-order valence-corrected chi connectivity index (χ3v) is 5.29. The topological polar surface area (TPSA) is 35.2 Å². The fourth-order valence-corrected chi connectivity index (χ4v) is 3.63. The molecule has 2 N–H and O–H groups in total. The van der Waals surface area contributed by atoms with Crippen molar-refractivity contribution in [3.63, 3.8) is 0 Å². The maximum atomic E-state index is 6.09. The lowest BCUT2D eigenvalue weighted by atomic mass is 9.67. The van der Waals surface area contributed by atoms with Crippen molar-refractivity contribution in [3.8, 4) is 5.75 Å². The van der Waals surface area contributed by atoms with E-state index in [9.17, 15) is 0 Å². The van der Waals surface area contributed by atoms with E-state index in [1.54, 1.807) is 0 Å². The molecule has 0 spiro atoms. The first-order chi connectivity index (χ1) is 9.67. The number of hydrogen-bond donors (Lipinski definition) is 1. The van der Waals surface area contributed by atoms with Gasteiger partial charge in [-0.15, -0.1) is 0 Å². The smallest absolute Gasteiger partial charge is 0.119 e. The third-order valence-electron chi connectivity index (χ3n) is 4.77. The summed E-state index contributed by atoms with van der Waals surface area (Å²) in [4.78, 5) is 0. The largest absolute Gasteiger partial charge is 0.494 e. The SMILES string of the molecule is CCC1CCCC(CN)(CCOc2ccc(Br)cc2)C1. The molecular weight excluding hydrogens is 314 g/mol. The molecule has 1 aromatic carbocycles. The summed E-state index contributed by atoms with van der Waals surface area (Å²) in [5, 5.41) is 0. The number of ether oxygens (including phenoxy) is 1. The predicted octanol–water partition coefficient (Wildman–Crippen LogP) is 4.76. The average Bonchev–Trinajstić information content (AvgIpc) is 2.49. The Kier molecular flexibility index (Phi) is 5.91. The molecule has 2 atom stereocenters. The van der Waals surface area contributed by atoms with Gasteiger partial charge in [-0.3, -0.25) is 0 Å². The van der Waals surface area contributed by atoms with Gasteiger partial charge in [-0.05, 0) is 61.4 Å². The van der Waals surface area contributed by atoms with Crippen molar-refractivity contribution in [2.45, 2.75) is 45.4 Å². The van der Waals surface area contributed by atoms with Gasteiger partial charge in [-0.2, -0.15) is 0 Å². The number of rotatable bonds is 6. The van der Waals surface area contributed by atoms with Crippen molar-refractivity contribution in [2.24, 2.45) is 17.1 Å². The molecule has 1 fully saturated rings. The highest BCUT2D eigenvalue weighted by atomic mass is 79.9. The van der Waals surface area contributed by atoms with E-state index in [2.05, 4.69) is 22.9 Å². The molecule has 0 heterocycles. The summed E-state index contributed by atoms with van der Waals surface area (Å²) in [6.07, 6.45) is 7.62. The molecule has 1 aliphatic carbocycles. The van der Waals surface area contributed by atoms with E-state index in [0.717, 1.165) is 35.7 Å². The number of hydrogen-bond acceptors (Lipinski definition) is 2. The van der Waals surface area contributed by atoms with Crippen molar-refractivity contribution in [3.05, 3.63) is 28.7 Å². The highest BCUT2D eigenvalue weighted by molar-refractivity contribution is 9.10. The Morgan fingerprint density at radius 2 is 2.10 bits per heavy atom. The van der Waals surface area contributed by atoms with Crippen LogP contribution in [-0.4, -0.2) is 13.2 Å². The summed E-state index contributed by atoms with van der Waals surface area (Å²) in [7, 11) is 0. The fourth-order valence-electron chi connectivity index (χ4n) is 3.36. The molecule has 20 heavy (non-hydrogen) atoms. The van der Waals surface area contributed by atoms with Gasteiger partial charge >= 0.3 is 0 Å². The number of benzene rings is 1. The normalized spacial score (nSPS) is 26.4. The second-order valence-corrected chi connectivity index (χ2v) is 7.04. The molecule has 0 bridgehead atoms. The van der Waals surface area contributed by atoms with Gasteiger partial charge in [0.1, 0.15) is 5.75 Å². The second-order valence-electron chi connectivity index (χ2n) is 6.13. The van der Waals surface area contributed by atoms with Crippen molar-refractivity contribution >= 4 is 15.9 Å². The second kappa shape index (κ2) is 7.46. The van der Waals surface area contributed by atoms with Crippen LogP contribution in [0.2, 0.25) is 0 Å². The Morgan fingerprint density at radius 3 is 2.75 bits per heavy atom. The fraction of sp³-hybridized carbons (Fsp3) is 0.647. The summed E-state index contributed by atoms with van der Waals surface area (Å²) in [6, 6.07) is 8.05. The Hall–Kier alpha value is -0.540. The molecule has 2 unspecified atom stereocenters. The maximum absolute atomic E-state index is 6.09. The van der Waals surface area contributed by atoms with Crippen LogP contribution in [0.5, 0.6) is 5.75 Å². The van der Waals surface area contributed by atoms with E-state index in [1.165, 1.54) is 32.1 Å². The van der Waals surface area contributed by atoms with Gasteiger partial charge in [0.25, 0.3) is 0 Å². The Balaban J connectivity index is 1.85. The van der Waals surface area contributed by atoms with Crippen LogP contribution in [0.25, 0.3) is 0 Å². The zero-order chi connectivity index (χ0) is 14.4. The monoisotopic (exact) mass is 339 g/mol. The van der Waals surface area contributed by atoms with E-state index < -0.39 is 0 Å². The summed E-state index contributed by atoms with van der Waals surface area (Å²) >= 11 is 3.44. The van der Waals surface area contributed by atoms with Gasteiger partial charge < -0.3 is 10.5 Å². The van der Waals surface area contributed by atoms with Crippen molar-refractivity contribution in [1.29, 1.82) is 0 Å². The minimum absolute atomic E-state index is 0.314. The van der Waals surface area contributed by atoms with Crippen LogP contribution in [0, 0.1) is 11.3 Å². The van der Waals surface area contributed by atoms with Crippen LogP contribution in [0.1, 0.15) is 45.4 Å². The van der Waals surface area contributed by atoms with Gasteiger partial charge in [0.05, 0.1) is 6.61 Å². The molecule has 0 aromatic heterocycles. The van der Waals surface area contributed by atoms with Crippen LogP contribution in [0.3, 0.4) is 0 Å². The lowest BCUT2D eigenvalue weighted by molar-refractivity contribution is 0.108. The Bertz CT molecular complexity index is 406. The maximum Gasteiger partial charge on any atom is 0.119 e. The van der Waals surface area contributed by atoms with E-state index in [4.69, 9.17) is 10.5 Å². The Morgan fingerprint density at radius 1 is 1.35 bits per heavy atom. The molecule has 3 heteroatoms. The van der Waals surface area contributed by atoms with Crippen LogP contribution in [0.15, 0.2) is 28.7 Å². The van der Waals surface area contributed by atoms with Gasteiger partial charge in [0.2, 0.25) is 0 Å². The van der Waals surface area contributed by atoms with E-state index in [-0.39, 0.29) is 0 Å². The summed E-state index contributed by atoms with van der Waals surface area (Å²) in [6.45, 7) is 3.87. The Labute approximate surface area is 131 Å². The lowest BCUT2D eigenvalue weighted by Crippen LogP contribution is -2.37. The van der Waals surface area contributed by atoms with Gasteiger partial charge in [0.15, 0.2) is 0 Å². The van der Waals surface area contributed by atoms with Crippen LogP contribution >= 0.6 is 15.9 Å². The minimum atomic E-state index is 0.314. The molecule has 1 aromatic rings. The van der Waals surface area contributed by atoms with E-state index in [1.807, 2.05) is 24.3 Å². The van der Waals surface area contributed by atoms with Gasteiger partial charge in [-0.25, -0.2) is 0 Å². The molecule has 1 saturated carbocycles. The van der Waals surface area contributed by atoms with Gasteiger partial charge in [0, 0.05) is 4.47 Å². The highest BCUT2D eigenvalue weighted by Crippen LogP contribution is 2.42. The van der Waals surface area contributed by atoms with Crippen LogP contribution in [-0.2, 0) is 0 Å². The average molecular weight is 340 g/mol. The summed E-state index contributed by atoms with van der Waals surface area (Å²) in [5.41, 5.74) is 6.41. The van der Waals surface area contributed by atoms with Crippen molar-refractivity contribution in [2.75, 3.05) is 13.2 Å². The van der Waals surface area contributed by atoms with Crippen molar-refractivity contribution in [1.82, 2.24) is 0 Å². The first-order valence-corrected chi connectivity index (χ1v) is 8.55. The zero-order valence-corrected chi connectivity index (χ0v) is 14.0. The first kappa shape index (κ1) is 15.8. The molecule has 1 aliphatic rings. The van der Waals surface area contributed by atoms with E-state index in [0.29, 0.717) is 5.41 Å². The molecule has 112 valence electrons. The lowest BCUT2D eigenvalue weighted by Gasteiger charge is -2.40. The number of halogens is 1. The van der Waals surface area contributed by atoms with E-state index >= 15 is 0 Å². The molecule has 0 saturated heterocycles. The molecular formula is C17H26BrNO. The minimum Gasteiger partial charge on any atom is -0.494 e. The first-order valence-electron chi connectivity index (χ1n) is 7.76. The van der Waals surface area contributed by atoms with Crippen LogP contribution < -0.4 is 10.5 Å². The van der Waals surface area contributed by atoms with Crippen LogP contribution in [0.4, 0.5) is 0 Å². The third kappa shape index (κ3) is 4.23. The summed E-state index contributed by atoms with van der Waals surface area (Å²) in [5.74, 6) is 1.81. The quantitative estimate of drug-likeness (QED) is 0.810. The molecule has 0 aliphatic heterocycles. The standard InChI is InChI=1S/C17H26BrNO/c1-2-14-4-3-9-17(12-14,13-19)10-11-20-16-7-5-15(18)6-8-16/h5-8,14H,2-4,9-13,19H2,1H3. The molecule has 0 amide bonds. The van der Waals surface area contributed by atoms with Gasteiger partial charge in [-0.1, -0.05) is 42.1 Å². The van der Waals surface area contributed by atoms with Crippen molar-refractivity contribution < 1.29 is 4.74 Å². The molecule has 2 nitrogen and oxygen atoms in total. The molecule has 2 rings (SSSR count). The highest BCUT2D eigenvalue weighted by Gasteiger charge is 2.34. The zero-order valence-electron chi connectivity index (χ0n) is 12.4.